The standard InChI is InChI=1S/CH3Cl.CH2O3/c1-2;2-1(3)4/h1H3;(H2,2,3,4). The van der Waals surface area contributed by atoms with Gasteiger partial charge in [-0.15, -0.1) is 11.6 Å². The first-order valence-corrected chi connectivity index (χ1v) is 1.79. The van der Waals surface area contributed by atoms with Gasteiger partial charge >= 0.3 is 6.16 Å². The lowest BCUT2D eigenvalue weighted by atomic mass is 11.5. The predicted octanol–water partition coefficient (Wildman–Crippen LogP) is 1.08. The van der Waals surface area contributed by atoms with E-state index in [-0.39, 0.29) is 0 Å². The van der Waals surface area contributed by atoms with Gasteiger partial charge in [0.15, 0.2) is 0 Å². The summed E-state index contributed by atoms with van der Waals surface area (Å²) in [5.41, 5.74) is 0. The number of hydrogen-bond donors (Lipinski definition) is 2. The fraction of sp³-hybridized carbons (Fsp3) is 0.500. The molecule has 0 fully saturated rings. The molecule has 0 aliphatic heterocycles. The highest BCUT2D eigenvalue weighted by atomic mass is 35.5. The number of alkyl halides is 1. The van der Waals surface area contributed by atoms with Gasteiger partial charge in [0, 0.05) is 6.38 Å². The maximum atomic E-state index is 8.56. The molecule has 0 aromatic rings. The van der Waals surface area contributed by atoms with E-state index in [1.54, 1.807) is 0 Å². The second-order valence-corrected chi connectivity index (χ2v) is 0.283. The summed E-state index contributed by atoms with van der Waals surface area (Å²) in [7, 11) is 0. The first-order chi connectivity index (χ1) is 2.73. The lowest BCUT2D eigenvalue weighted by molar-refractivity contribution is 0.137. The van der Waals surface area contributed by atoms with E-state index >= 15 is 0 Å². The van der Waals surface area contributed by atoms with Gasteiger partial charge in [-0.3, -0.25) is 0 Å². The Morgan fingerprint density at radius 3 is 1.50 bits per heavy atom. The van der Waals surface area contributed by atoms with Crippen LogP contribution in [-0.4, -0.2) is 22.8 Å². The van der Waals surface area contributed by atoms with Gasteiger partial charge in [-0.2, -0.15) is 0 Å². The SMILES string of the molecule is CCl.O=C(O)O. The number of carbonyl (C=O) groups is 1. The van der Waals surface area contributed by atoms with Crippen LogP contribution in [0.15, 0.2) is 0 Å². The summed E-state index contributed by atoms with van der Waals surface area (Å²) in [4.78, 5) is 8.56. The quantitative estimate of drug-likeness (QED) is 0.461. The Kier molecular flexibility index (Phi) is 13.4. The molecule has 0 unspecified atom stereocenters. The molecule has 0 aliphatic carbocycles. The highest BCUT2D eigenvalue weighted by Gasteiger charge is 1.70. The zero-order chi connectivity index (χ0) is 5.58. The molecule has 0 saturated carbocycles. The highest BCUT2D eigenvalue weighted by molar-refractivity contribution is 6.15. The Hall–Kier alpha value is -0.440. The van der Waals surface area contributed by atoms with Gasteiger partial charge < -0.3 is 10.2 Å². The summed E-state index contributed by atoms with van der Waals surface area (Å²) in [5.74, 6) is 0. The molecule has 0 rings (SSSR count). The maximum Gasteiger partial charge on any atom is 0.503 e. The monoisotopic (exact) mass is 112 g/mol. The smallest absolute Gasteiger partial charge is 0.450 e. The third-order valence-electron chi connectivity index (χ3n) is 0. The molecule has 0 spiro atoms. The van der Waals surface area contributed by atoms with E-state index in [0.717, 1.165) is 0 Å². The van der Waals surface area contributed by atoms with Crippen LogP contribution >= 0.6 is 11.6 Å². The molecule has 0 saturated heterocycles. The van der Waals surface area contributed by atoms with Crippen LogP contribution in [0.4, 0.5) is 4.79 Å². The van der Waals surface area contributed by atoms with Crippen LogP contribution in [0.1, 0.15) is 0 Å². The first-order valence-electron chi connectivity index (χ1n) is 1.03. The van der Waals surface area contributed by atoms with Crippen LogP contribution in [-0.2, 0) is 0 Å². The molecule has 0 amide bonds. The van der Waals surface area contributed by atoms with Crippen molar-refractivity contribution in [3.63, 3.8) is 0 Å². The molecule has 0 aromatic carbocycles. The van der Waals surface area contributed by atoms with Gasteiger partial charge in [-0.1, -0.05) is 0 Å². The van der Waals surface area contributed by atoms with Gasteiger partial charge in [0.05, 0.1) is 0 Å². The van der Waals surface area contributed by atoms with Crippen LogP contribution in [0.25, 0.3) is 0 Å². The van der Waals surface area contributed by atoms with Crippen LogP contribution in [0.5, 0.6) is 0 Å². The van der Waals surface area contributed by atoms with E-state index in [2.05, 4.69) is 11.6 Å². The Morgan fingerprint density at radius 2 is 1.50 bits per heavy atom. The highest BCUT2D eigenvalue weighted by Crippen LogP contribution is 1.42. The summed E-state index contributed by atoms with van der Waals surface area (Å²) < 4.78 is 0. The van der Waals surface area contributed by atoms with E-state index in [9.17, 15) is 0 Å². The van der Waals surface area contributed by atoms with Gasteiger partial charge in [0.2, 0.25) is 0 Å². The van der Waals surface area contributed by atoms with Crippen molar-refractivity contribution in [3.8, 4) is 0 Å². The summed E-state index contributed by atoms with van der Waals surface area (Å²) in [5, 5.41) is 13.9. The van der Waals surface area contributed by atoms with Gasteiger partial charge in [0.1, 0.15) is 0 Å². The minimum Gasteiger partial charge on any atom is -0.450 e. The molecular formula is C2H5ClO3. The molecule has 3 nitrogen and oxygen atoms in total. The van der Waals surface area contributed by atoms with Crippen LogP contribution in [0.2, 0.25) is 0 Å². The average molecular weight is 113 g/mol. The second-order valence-electron chi connectivity index (χ2n) is 0.283. The molecule has 0 aliphatic rings. The lowest BCUT2D eigenvalue weighted by Gasteiger charge is -1.60. The minimum absolute atomic E-state index is 1.47. The number of halogens is 1. The average Bonchev–Trinajstić information content (AvgIpc) is 1.41. The molecule has 38 valence electrons. The van der Waals surface area contributed by atoms with Crippen molar-refractivity contribution in [1.29, 1.82) is 0 Å². The summed E-state index contributed by atoms with van der Waals surface area (Å²) >= 11 is 4.64. The summed E-state index contributed by atoms with van der Waals surface area (Å²) in [6, 6.07) is 0. The fourth-order valence-electron chi connectivity index (χ4n) is 0. The molecule has 0 atom stereocenters. The summed E-state index contributed by atoms with van der Waals surface area (Å²) in [6.07, 6.45) is -0.361. The molecule has 0 aromatic heterocycles. The molecule has 6 heavy (non-hydrogen) atoms. The third kappa shape index (κ3) is 121. The number of hydrogen-bond acceptors (Lipinski definition) is 1. The van der Waals surface area contributed by atoms with Crippen molar-refractivity contribution in [2.75, 3.05) is 6.38 Å². The van der Waals surface area contributed by atoms with Crippen molar-refractivity contribution >= 4 is 17.8 Å². The van der Waals surface area contributed by atoms with E-state index in [1.807, 2.05) is 0 Å². The minimum atomic E-state index is -1.83. The van der Waals surface area contributed by atoms with E-state index in [4.69, 9.17) is 15.0 Å². The molecule has 0 heterocycles. The molecular weight excluding hydrogens is 107 g/mol. The molecule has 2 N–H and O–H groups in total. The molecule has 0 bridgehead atoms. The van der Waals surface area contributed by atoms with E-state index in [0.29, 0.717) is 0 Å². The predicted molar refractivity (Wildman–Crippen MR) is 22.4 cm³/mol. The Balaban J connectivity index is 0. The van der Waals surface area contributed by atoms with Gasteiger partial charge in [-0.25, -0.2) is 4.79 Å². The fourth-order valence-corrected chi connectivity index (χ4v) is 0. The van der Waals surface area contributed by atoms with Crippen molar-refractivity contribution in [2.45, 2.75) is 0 Å². The Bertz CT molecular complexity index is 31.8. The molecule has 4 heteroatoms. The number of carboxylic acid groups (broad SMARTS) is 2. The molecule has 0 radical (unpaired) electrons. The third-order valence-corrected chi connectivity index (χ3v) is 0. The van der Waals surface area contributed by atoms with Crippen LogP contribution < -0.4 is 0 Å². The maximum absolute atomic E-state index is 8.56. The van der Waals surface area contributed by atoms with Gasteiger partial charge in [-0.05, 0) is 0 Å². The topological polar surface area (TPSA) is 57.5 Å². The Labute approximate surface area is 40.2 Å². The normalized spacial score (nSPS) is 5.00. The van der Waals surface area contributed by atoms with Crippen molar-refractivity contribution in [3.05, 3.63) is 0 Å². The number of rotatable bonds is 0. The zero-order valence-corrected chi connectivity index (χ0v) is 3.94. The zero-order valence-electron chi connectivity index (χ0n) is 3.18. The van der Waals surface area contributed by atoms with E-state index in [1.165, 1.54) is 6.38 Å². The van der Waals surface area contributed by atoms with E-state index < -0.39 is 6.16 Å². The van der Waals surface area contributed by atoms with Crippen LogP contribution in [0, 0.1) is 0 Å². The van der Waals surface area contributed by atoms with Gasteiger partial charge in [0.25, 0.3) is 0 Å². The van der Waals surface area contributed by atoms with Crippen molar-refractivity contribution in [2.24, 2.45) is 0 Å². The van der Waals surface area contributed by atoms with Crippen LogP contribution in [0.3, 0.4) is 0 Å². The second kappa shape index (κ2) is 8.82. The van der Waals surface area contributed by atoms with Crippen molar-refractivity contribution < 1.29 is 15.0 Å². The largest absolute Gasteiger partial charge is 0.503 e. The lowest BCUT2D eigenvalue weighted by Crippen LogP contribution is -1.81. The first kappa shape index (κ1) is 9.12. The summed E-state index contributed by atoms with van der Waals surface area (Å²) in [6.45, 7) is 0. The Morgan fingerprint density at radius 1 is 1.50 bits per heavy atom. The van der Waals surface area contributed by atoms with Crippen molar-refractivity contribution in [1.82, 2.24) is 0 Å².